The van der Waals surface area contributed by atoms with E-state index in [1.54, 1.807) is 12.1 Å². The summed E-state index contributed by atoms with van der Waals surface area (Å²) in [7, 11) is -2.85. The number of carbonyl (C=O) groups is 2. The van der Waals surface area contributed by atoms with Crippen molar-refractivity contribution >= 4 is 67.1 Å². The van der Waals surface area contributed by atoms with E-state index in [4.69, 9.17) is 27.9 Å². The largest absolute Gasteiger partial charge is 0.465 e. The van der Waals surface area contributed by atoms with Gasteiger partial charge in [0.25, 0.3) is 10.0 Å². The summed E-state index contributed by atoms with van der Waals surface area (Å²) < 4.78 is 33.0. The molecule has 184 valence electrons. The lowest BCUT2D eigenvalue weighted by molar-refractivity contribution is -0.114. The topological polar surface area (TPSA) is 92.8 Å². The zero-order valence-electron chi connectivity index (χ0n) is 18.9. The van der Waals surface area contributed by atoms with Gasteiger partial charge in [-0.2, -0.15) is 0 Å². The van der Waals surface area contributed by atoms with Crippen LogP contribution < -0.4 is 9.62 Å². The fourth-order valence-corrected chi connectivity index (χ4v) is 6.90. The van der Waals surface area contributed by atoms with Gasteiger partial charge in [-0.1, -0.05) is 40.9 Å². The molecule has 11 heteroatoms. The Morgan fingerprint density at radius 3 is 2.46 bits per heavy atom. The molecular formula is C24H22Cl2N2O5S2. The van der Waals surface area contributed by atoms with Crippen molar-refractivity contribution in [3.8, 4) is 0 Å². The van der Waals surface area contributed by atoms with Crippen LogP contribution in [-0.2, 0) is 32.4 Å². The molecule has 0 saturated carbocycles. The van der Waals surface area contributed by atoms with Gasteiger partial charge >= 0.3 is 5.97 Å². The Bertz CT molecular complexity index is 1400. The Morgan fingerprint density at radius 1 is 1.09 bits per heavy atom. The van der Waals surface area contributed by atoms with Gasteiger partial charge in [0.05, 0.1) is 33.3 Å². The summed E-state index contributed by atoms with van der Waals surface area (Å²) in [5.74, 6) is -1.15. The number of benzene rings is 2. The minimum Gasteiger partial charge on any atom is -0.465 e. The number of amides is 1. The highest BCUT2D eigenvalue weighted by Crippen LogP contribution is 2.39. The number of sulfonamides is 1. The number of aryl methyl sites for hydroxylation is 2. The molecule has 0 unspecified atom stereocenters. The minimum absolute atomic E-state index is 0.0207. The number of methoxy groups -OCH3 is 1. The number of ether oxygens (including phenoxy) is 1. The molecule has 1 aliphatic carbocycles. The van der Waals surface area contributed by atoms with Crippen LogP contribution in [0.15, 0.2) is 47.4 Å². The van der Waals surface area contributed by atoms with Crippen LogP contribution in [0, 0.1) is 6.92 Å². The van der Waals surface area contributed by atoms with Crippen LogP contribution in [-0.4, -0.2) is 33.9 Å². The van der Waals surface area contributed by atoms with E-state index in [1.165, 1.54) is 48.8 Å². The summed E-state index contributed by atoms with van der Waals surface area (Å²) in [5, 5.41) is 3.49. The maximum Gasteiger partial charge on any atom is 0.341 e. The average Bonchev–Trinajstić information content (AvgIpc) is 3.40. The first-order chi connectivity index (χ1) is 16.6. The van der Waals surface area contributed by atoms with Gasteiger partial charge in [-0.3, -0.25) is 9.10 Å². The van der Waals surface area contributed by atoms with Gasteiger partial charge in [0.2, 0.25) is 5.91 Å². The molecule has 0 fully saturated rings. The third-order valence-corrected chi connectivity index (χ3v) is 9.39. The van der Waals surface area contributed by atoms with E-state index in [0.29, 0.717) is 10.6 Å². The lowest BCUT2D eigenvalue weighted by Crippen LogP contribution is -2.38. The zero-order chi connectivity index (χ0) is 25.3. The van der Waals surface area contributed by atoms with E-state index in [-0.39, 0.29) is 20.6 Å². The highest BCUT2D eigenvalue weighted by Gasteiger charge is 2.31. The van der Waals surface area contributed by atoms with Crippen molar-refractivity contribution in [2.75, 3.05) is 23.3 Å². The predicted molar refractivity (Wildman–Crippen MR) is 138 cm³/mol. The Hall–Kier alpha value is -2.59. The highest BCUT2D eigenvalue weighted by atomic mass is 35.5. The monoisotopic (exact) mass is 552 g/mol. The molecule has 0 bridgehead atoms. The summed E-state index contributed by atoms with van der Waals surface area (Å²) in [5.41, 5.74) is 2.28. The van der Waals surface area contributed by atoms with Crippen LogP contribution in [0.25, 0.3) is 0 Å². The molecule has 0 aliphatic heterocycles. The predicted octanol–water partition coefficient (Wildman–Crippen LogP) is 5.47. The molecule has 0 saturated heterocycles. The number of thiophene rings is 1. The third kappa shape index (κ3) is 5.18. The van der Waals surface area contributed by atoms with Gasteiger partial charge in [-0.05, 0) is 62.1 Å². The minimum atomic E-state index is -4.13. The standard InChI is InChI=1S/C24H22Cl2N2O5S2/c1-14-6-9-16(10-7-14)35(31,32)28(15-8-11-18(25)19(26)12-15)13-21(29)27-23-22(24(30)33-2)17-4-3-5-20(17)34-23/h6-12H,3-5,13H2,1-2H3,(H,27,29). The summed E-state index contributed by atoms with van der Waals surface area (Å²) in [4.78, 5) is 26.6. The summed E-state index contributed by atoms with van der Waals surface area (Å²) in [6.45, 7) is 1.30. The molecular weight excluding hydrogens is 531 g/mol. The SMILES string of the molecule is COC(=O)c1c(NC(=O)CN(c2ccc(Cl)c(Cl)c2)S(=O)(=O)c2ccc(C)cc2)sc2c1CCC2. The van der Waals surface area contributed by atoms with Crippen molar-refractivity contribution < 1.29 is 22.7 Å². The Labute approximate surface area is 217 Å². The zero-order valence-corrected chi connectivity index (χ0v) is 22.1. The van der Waals surface area contributed by atoms with Gasteiger partial charge in [0.1, 0.15) is 11.5 Å². The second-order valence-corrected chi connectivity index (χ2v) is 11.8. The first-order valence-corrected chi connectivity index (χ1v) is 13.7. The molecule has 0 atom stereocenters. The number of rotatable bonds is 7. The van der Waals surface area contributed by atoms with Crippen LogP contribution >= 0.6 is 34.5 Å². The summed E-state index contributed by atoms with van der Waals surface area (Å²) in [6, 6.07) is 10.6. The smallest absolute Gasteiger partial charge is 0.341 e. The van der Waals surface area contributed by atoms with Crippen molar-refractivity contribution in [2.45, 2.75) is 31.1 Å². The number of hydrogen-bond acceptors (Lipinski definition) is 6. The molecule has 1 aromatic heterocycles. The Kier molecular flexibility index (Phi) is 7.42. The van der Waals surface area contributed by atoms with Crippen molar-refractivity contribution in [1.29, 1.82) is 0 Å². The number of hydrogen-bond donors (Lipinski definition) is 1. The molecule has 1 aliphatic rings. The van der Waals surface area contributed by atoms with Crippen molar-refractivity contribution in [3.63, 3.8) is 0 Å². The Balaban J connectivity index is 1.69. The summed E-state index contributed by atoms with van der Waals surface area (Å²) >= 11 is 13.5. The molecule has 1 amide bonds. The molecule has 1 heterocycles. The number of halogens is 2. The molecule has 3 aromatic rings. The lowest BCUT2D eigenvalue weighted by atomic mass is 10.1. The molecule has 7 nitrogen and oxygen atoms in total. The fourth-order valence-electron chi connectivity index (χ4n) is 3.90. The number of nitrogens with zero attached hydrogens (tertiary/aromatic N) is 1. The Morgan fingerprint density at radius 2 is 1.80 bits per heavy atom. The number of anilines is 2. The number of fused-ring (bicyclic) bond motifs is 1. The molecule has 0 radical (unpaired) electrons. The van der Waals surface area contributed by atoms with E-state index >= 15 is 0 Å². The number of carbonyl (C=O) groups excluding carboxylic acids is 2. The second kappa shape index (κ2) is 10.2. The maximum atomic E-state index is 13.6. The van der Waals surface area contributed by atoms with Crippen molar-refractivity contribution in [2.24, 2.45) is 0 Å². The highest BCUT2D eigenvalue weighted by molar-refractivity contribution is 7.92. The van der Waals surface area contributed by atoms with Crippen LogP contribution in [0.3, 0.4) is 0 Å². The maximum absolute atomic E-state index is 13.6. The van der Waals surface area contributed by atoms with Gasteiger partial charge in [0.15, 0.2) is 0 Å². The van der Waals surface area contributed by atoms with E-state index in [9.17, 15) is 18.0 Å². The van der Waals surface area contributed by atoms with E-state index in [2.05, 4.69) is 5.32 Å². The van der Waals surface area contributed by atoms with Crippen LogP contribution in [0.4, 0.5) is 10.7 Å². The first-order valence-electron chi connectivity index (χ1n) is 10.7. The number of nitrogens with one attached hydrogen (secondary N) is 1. The molecule has 2 aromatic carbocycles. The molecule has 35 heavy (non-hydrogen) atoms. The van der Waals surface area contributed by atoms with E-state index in [0.717, 1.165) is 39.6 Å². The van der Waals surface area contributed by atoms with Gasteiger partial charge in [-0.25, -0.2) is 13.2 Å². The van der Waals surface area contributed by atoms with E-state index in [1.807, 2.05) is 6.92 Å². The average molecular weight is 553 g/mol. The van der Waals surface area contributed by atoms with E-state index < -0.39 is 28.4 Å². The van der Waals surface area contributed by atoms with Crippen molar-refractivity contribution in [3.05, 3.63) is 74.1 Å². The number of esters is 1. The van der Waals surface area contributed by atoms with Gasteiger partial charge in [-0.15, -0.1) is 11.3 Å². The first kappa shape index (κ1) is 25.5. The van der Waals surface area contributed by atoms with Crippen LogP contribution in [0.5, 0.6) is 0 Å². The third-order valence-electron chi connectivity index (χ3n) is 5.65. The second-order valence-electron chi connectivity index (χ2n) is 8.02. The van der Waals surface area contributed by atoms with Gasteiger partial charge < -0.3 is 10.1 Å². The van der Waals surface area contributed by atoms with Crippen molar-refractivity contribution in [1.82, 2.24) is 0 Å². The van der Waals surface area contributed by atoms with Crippen LogP contribution in [0.1, 0.15) is 32.8 Å². The molecule has 1 N–H and O–H groups in total. The van der Waals surface area contributed by atoms with Crippen LogP contribution in [0.2, 0.25) is 10.0 Å². The fraction of sp³-hybridized carbons (Fsp3) is 0.250. The lowest BCUT2D eigenvalue weighted by Gasteiger charge is -2.24. The van der Waals surface area contributed by atoms with Gasteiger partial charge in [0, 0.05) is 4.88 Å². The molecule has 4 rings (SSSR count). The summed E-state index contributed by atoms with van der Waals surface area (Å²) in [6.07, 6.45) is 2.47. The normalized spacial score (nSPS) is 12.8. The molecule has 0 spiro atoms. The quantitative estimate of drug-likeness (QED) is 0.392.